The molecule has 2 atom stereocenters. The van der Waals surface area contributed by atoms with Gasteiger partial charge >= 0.3 is 0 Å². The monoisotopic (exact) mass is 426 g/mol. The van der Waals surface area contributed by atoms with E-state index in [9.17, 15) is 26.8 Å². The Morgan fingerprint density at radius 3 is 2.07 bits per heavy atom. The minimum absolute atomic E-state index is 0.0135. The van der Waals surface area contributed by atoms with E-state index in [1.165, 1.54) is 0 Å². The van der Waals surface area contributed by atoms with E-state index in [2.05, 4.69) is 0 Å². The lowest BCUT2D eigenvalue weighted by molar-refractivity contribution is -0.144. The van der Waals surface area contributed by atoms with Gasteiger partial charge in [0.1, 0.15) is 17.4 Å². The molecule has 0 N–H and O–H groups in total. The Bertz CT molecular complexity index is 892. The maximum atomic E-state index is 14.0. The van der Waals surface area contributed by atoms with Crippen LogP contribution in [0.1, 0.15) is 32.1 Å². The molecule has 1 heterocycles. The van der Waals surface area contributed by atoms with Crippen LogP contribution >= 0.6 is 0 Å². The van der Waals surface area contributed by atoms with Crippen LogP contribution in [-0.2, 0) is 19.6 Å². The van der Waals surface area contributed by atoms with Gasteiger partial charge in [-0.3, -0.25) is 9.59 Å². The number of hydrogen-bond acceptors (Lipinski definition) is 4. The van der Waals surface area contributed by atoms with Gasteiger partial charge in [-0.1, -0.05) is 12.5 Å². The molecule has 0 spiro atoms. The molecule has 2 bridgehead atoms. The molecule has 0 aromatic heterocycles. The molecule has 1 aromatic rings. The lowest BCUT2D eigenvalue weighted by Crippen LogP contribution is -2.53. The number of piperazine rings is 1. The number of Topliss-reactive ketones (excluding diaryl/α,β-unsaturated/α-hetero) is 1. The summed E-state index contributed by atoms with van der Waals surface area (Å²) in [5.41, 5.74) is 0. The minimum Gasteiger partial charge on any atom is -0.340 e. The van der Waals surface area contributed by atoms with Crippen molar-refractivity contribution >= 4 is 21.7 Å². The predicted molar refractivity (Wildman–Crippen MR) is 100 cm³/mol. The average molecular weight is 426 g/mol. The fraction of sp³-hybridized carbons (Fsp3) is 0.600. The Labute approximate surface area is 168 Å². The first kappa shape index (κ1) is 20.4. The van der Waals surface area contributed by atoms with Crippen molar-refractivity contribution in [1.29, 1.82) is 0 Å². The van der Waals surface area contributed by atoms with E-state index >= 15 is 0 Å². The number of carbonyl (C=O) groups excluding carboxylic acids is 2. The van der Waals surface area contributed by atoms with E-state index < -0.39 is 26.6 Å². The highest BCUT2D eigenvalue weighted by Gasteiger charge is 2.43. The average Bonchev–Trinajstić information content (AvgIpc) is 2.67. The molecule has 1 amide bonds. The zero-order valence-electron chi connectivity index (χ0n) is 16.0. The van der Waals surface area contributed by atoms with E-state index in [0.29, 0.717) is 18.6 Å². The summed E-state index contributed by atoms with van der Waals surface area (Å²) in [4.78, 5) is 25.9. The zero-order chi connectivity index (χ0) is 20.8. The first-order valence-corrected chi connectivity index (χ1v) is 11.5. The molecule has 3 aliphatic rings. The zero-order valence-corrected chi connectivity index (χ0v) is 16.8. The number of halogens is 2. The van der Waals surface area contributed by atoms with Gasteiger partial charge in [-0.2, -0.15) is 4.31 Å². The van der Waals surface area contributed by atoms with Crippen molar-refractivity contribution in [2.24, 2.45) is 17.8 Å². The van der Waals surface area contributed by atoms with Crippen LogP contribution in [0.3, 0.4) is 0 Å². The summed E-state index contributed by atoms with van der Waals surface area (Å²) in [6.45, 7) is 0.322. The molecule has 2 aliphatic carbocycles. The smallest absolute Gasteiger partial charge is 0.249 e. The van der Waals surface area contributed by atoms with Crippen molar-refractivity contribution < 1.29 is 26.8 Å². The molecule has 6 nitrogen and oxygen atoms in total. The van der Waals surface area contributed by atoms with Crippen LogP contribution in [0.25, 0.3) is 0 Å². The lowest BCUT2D eigenvalue weighted by Gasteiger charge is -2.40. The number of nitrogens with zero attached hydrogens (tertiary/aromatic N) is 2. The van der Waals surface area contributed by atoms with Gasteiger partial charge in [-0.05, 0) is 37.8 Å². The third kappa shape index (κ3) is 3.70. The topological polar surface area (TPSA) is 74.8 Å². The van der Waals surface area contributed by atoms with Gasteiger partial charge in [0.05, 0.1) is 0 Å². The van der Waals surface area contributed by atoms with Crippen LogP contribution in [0.2, 0.25) is 0 Å². The van der Waals surface area contributed by atoms with Gasteiger partial charge in [0.25, 0.3) is 0 Å². The maximum absolute atomic E-state index is 14.0. The fourth-order valence-corrected chi connectivity index (χ4v) is 6.48. The first-order chi connectivity index (χ1) is 13.8. The predicted octanol–water partition coefficient (Wildman–Crippen LogP) is 2.19. The molecule has 1 aromatic carbocycles. The summed E-state index contributed by atoms with van der Waals surface area (Å²) in [6, 6.07) is 2.94. The second-order valence-electron chi connectivity index (χ2n) is 8.18. The fourth-order valence-electron chi connectivity index (χ4n) is 4.95. The van der Waals surface area contributed by atoms with E-state index in [4.69, 9.17) is 0 Å². The Morgan fingerprint density at radius 1 is 0.966 bits per heavy atom. The highest BCUT2D eigenvalue weighted by Crippen LogP contribution is 2.40. The van der Waals surface area contributed by atoms with Crippen molar-refractivity contribution in [1.82, 2.24) is 9.21 Å². The number of hydrogen-bond donors (Lipinski definition) is 0. The third-order valence-corrected chi connectivity index (χ3v) is 8.42. The quantitative estimate of drug-likeness (QED) is 0.743. The van der Waals surface area contributed by atoms with Gasteiger partial charge in [-0.15, -0.1) is 0 Å². The molecule has 3 fully saturated rings. The van der Waals surface area contributed by atoms with Crippen LogP contribution in [-0.4, -0.2) is 55.5 Å². The maximum Gasteiger partial charge on any atom is 0.249 e. The molecule has 4 rings (SSSR count). The number of fused-ring (bicyclic) bond motifs is 2. The first-order valence-electron chi connectivity index (χ1n) is 10.1. The van der Waals surface area contributed by atoms with Crippen molar-refractivity contribution in [3.05, 3.63) is 29.8 Å². The molecule has 158 valence electrons. The normalized spacial score (nSPS) is 28.4. The minimum atomic E-state index is -4.32. The highest BCUT2D eigenvalue weighted by atomic mass is 32.2. The van der Waals surface area contributed by atoms with Crippen LogP contribution in [0.5, 0.6) is 0 Å². The Morgan fingerprint density at radius 2 is 1.52 bits per heavy atom. The van der Waals surface area contributed by atoms with Gasteiger partial charge in [0, 0.05) is 43.9 Å². The third-order valence-electron chi connectivity index (χ3n) is 6.46. The molecule has 2 saturated carbocycles. The standard InChI is InChI=1S/C20H24F2N2O4S/c21-16-5-2-6-17(22)19(16)29(27,28)24-9-7-23(8-10-24)20(26)15-11-13-3-1-4-14(12-15)18(13)25/h2,5-6,13-15H,1,3-4,7-12H2/t13-,14-/m0/s1. The highest BCUT2D eigenvalue weighted by molar-refractivity contribution is 7.89. The molecular formula is C20H24F2N2O4S. The summed E-state index contributed by atoms with van der Waals surface area (Å²) < 4.78 is 54.3. The van der Waals surface area contributed by atoms with E-state index in [-0.39, 0.29) is 49.8 Å². The molecule has 0 radical (unpaired) electrons. The Hall–Kier alpha value is -1.87. The van der Waals surface area contributed by atoms with Gasteiger partial charge in [0.15, 0.2) is 4.90 Å². The number of carbonyl (C=O) groups is 2. The van der Waals surface area contributed by atoms with Crippen molar-refractivity contribution in [3.63, 3.8) is 0 Å². The van der Waals surface area contributed by atoms with E-state index in [0.717, 1.165) is 41.8 Å². The SMILES string of the molecule is O=C1[C@H]2CCC[C@H]1CC(C(=O)N1CCN(S(=O)(=O)c3c(F)cccc3F)CC1)C2. The molecule has 29 heavy (non-hydrogen) atoms. The number of sulfonamides is 1. The molecular weight excluding hydrogens is 402 g/mol. The summed E-state index contributed by atoms with van der Waals surface area (Å²) in [7, 11) is -4.32. The molecule has 1 saturated heterocycles. The second kappa shape index (κ2) is 7.75. The number of rotatable bonds is 3. The number of amides is 1. The summed E-state index contributed by atoms with van der Waals surface area (Å²) in [5.74, 6) is -2.24. The number of benzene rings is 1. The van der Waals surface area contributed by atoms with Gasteiger partial charge in [0.2, 0.25) is 15.9 Å². The van der Waals surface area contributed by atoms with Gasteiger partial charge in [-0.25, -0.2) is 17.2 Å². The summed E-state index contributed by atoms with van der Waals surface area (Å²) >= 11 is 0. The van der Waals surface area contributed by atoms with E-state index in [1.54, 1.807) is 4.90 Å². The Balaban J connectivity index is 1.42. The molecule has 0 unspecified atom stereocenters. The molecule has 9 heteroatoms. The van der Waals surface area contributed by atoms with Crippen LogP contribution in [0.15, 0.2) is 23.1 Å². The summed E-state index contributed by atoms with van der Waals surface area (Å²) in [6.07, 6.45) is 3.88. The number of ketones is 1. The largest absolute Gasteiger partial charge is 0.340 e. The Kier molecular flexibility index (Phi) is 5.46. The van der Waals surface area contributed by atoms with Crippen molar-refractivity contribution in [3.8, 4) is 0 Å². The van der Waals surface area contributed by atoms with Crippen LogP contribution < -0.4 is 0 Å². The van der Waals surface area contributed by atoms with Crippen LogP contribution in [0, 0.1) is 29.4 Å². The molecule has 1 aliphatic heterocycles. The van der Waals surface area contributed by atoms with Crippen molar-refractivity contribution in [2.75, 3.05) is 26.2 Å². The van der Waals surface area contributed by atoms with Gasteiger partial charge < -0.3 is 4.90 Å². The van der Waals surface area contributed by atoms with Crippen molar-refractivity contribution in [2.45, 2.75) is 37.0 Å². The van der Waals surface area contributed by atoms with Crippen LogP contribution in [0.4, 0.5) is 8.78 Å². The summed E-state index contributed by atoms with van der Waals surface area (Å²) in [5, 5.41) is 0. The van der Waals surface area contributed by atoms with E-state index in [1.807, 2.05) is 0 Å². The lowest BCUT2D eigenvalue weighted by atomic mass is 9.67. The second-order valence-corrected chi connectivity index (χ2v) is 10.1.